The number of hydrogen-bond donors (Lipinski definition) is 1. The van der Waals surface area contributed by atoms with Crippen LogP contribution in [-0.2, 0) is 4.79 Å². The zero-order valence-electron chi connectivity index (χ0n) is 22.4. The van der Waals surface area contributed by atoms with Crippen LogP contribution in [0.1, 0.15) is 100 Å². The monoisotopic (exact) mass is 477 g/mol. The number of carbonyl (C=O) groups is 1. The van der Waals surface area contributed by atoms with Crippen molar-refractivity contribution < 1.29 is 4.79 Å². The molecule has 0 radical (unpaired) electrons. The minimum atomic E-state index is -0.122. The first-order valence-corrected chi connectivity index (χ1v) is 13.8. The molecule has 6 heteroatoms. The van der Waals surface area contributed by atoms with Crippen LogP contribution in [0.15, 0.2) is 18.2 Å². The molecule has 3 aliphatic rings. The fourth-order valence-electron chi connectivity index (χ4n) is 6.32. The number of rotatable bonds is 8. The number of nitrogens with zero attached hydrogens (tertiary/aromatic N) is 4. The second-order valence-corrected chi connectivity index (χ2v) is 12.2. The Hall–Kier alpha value is -2.21. The van der Waals surface area contributed by atoms with E-state index in [-0.39, 0.29) is 17.7 Å². The molecule has 35 heavy (non-hydrogen) atoms. The van der Waals surface area contributed by atoms with Crippen LogP contribution in [0.3, 0.4) is 0 Å². The van der Waals surface area contributed by atoms with Crippen LogP contribution in [0.25, 0.3) is 0 Å². The molecule has 3 fully saturated rings. The number of likely N-dealkylation sites (tertiary alicyclic amines) is 1. The zero-order valence-corrected chi connectivity index (χ0v) is 22.4. The van der Waals surface area contributed by atoms with Crippen LogP contribution in [-0.4, -0.2) is 44.7 Å². The van der Waals surface area contributed by atoms with E-state index in [1.54, 1.807) is 0 Å². The van der Waals surface area contributed by atoms with Gasteiger partial charge in [-0.2, -0.15) is 0 Å². The fraction of sp³-hybridized carbons (Fsp3) is 0.690. The number of aryl methyl sites for hydroxylation is 2. The number of carbonyl (C=O) groups excluding carboxylic acids is 1. The molecule has 2 saturated carbocycles. The SMILES string of the molecule is Cc1ccc(NC(=O)[C@H]2CN(C(C)C)C[C@@H]2c2nnc([C@H]3C[C@@H](CC(C)C)C3)n2C2CC2)c(C)c1. The molecule has 1 N–H and O–H groups in total. The summed E-state index contributed by atoms with van der Waals surface area (Å²) in [6, 6.07) is 7.15. The number of amides is 1. The highest BCUT2D eigenvalue weighted by molar-refractivity contribution is 5.94. The molecule has 0 unspecified atom stereocenters. The molecule has 1 saturated heterocycles. The van der Waals surface area contributed by atoms with Crippen molar-refractivity contribution in [3.8, 4) is 0 Å². The van der Waals surface area contributed by atoms with Crippen LogP contribution in [0.5, 0.6) is 0 Å². The van der Waals surface area contributed by atoms with Gasteiger partial charge in [-0.15, -0.1) is 10.2 Å². The highest BCUT2D eigenvalue weighted by Crippen LogP contribution is 2.48. The number of aromatic nitrogens is 3. The third-order valence-electron chi connectivity index (χ3n) is 8.45. The summed E-state index contributed by atoms with van der Waals surface area (Å²) in [6.45, 7) is 14.9. The van der Waals surface area contributed by atoms with E-state index < -0.39 is 0 Å². The van der Waals surface area contributed by atoms with E-state index in [9.17, 15) is 4.79 Å². The van der Waals surface area contributed by atoms with Gasteiger partial charge in [0.2, 0.25) is 5.91 Å². The second-order valence-electron chi connectivity index (χ2n) is 12.2. The van der Waals surface area contributed by atoms with Crippen LogP contribution >= 0.6 is 0 Å². The summed E-state index contributed by atoms with van der Waals surface area (Å²) in [4.78, 5) is 16.1. The molecule has 2 aliphatic carbocycles. The van der Waals surface area contributed by atoms with Crippen molar-refractivity contribution in [3.05, 3.63) is 41.0 Å². The number of hydrogen-bond acceptors (Lipinski definition) is 4. The van der Waals surface area contributed by atoms with Gasteiger partial charge >= 0.3 is 0 Å². The van der Waals surface area contributed by atoms with Gasteiger partial charge in [0.05, 0.1) is 5.92 Å². The van der Waals surface area contributed by atoms with Crippen molar-refractivity contribution in [2.75, 3.05) is 18.4 Å². The Labute approximate surface area is 210 Å². The molecule has 5 rings (SSSR count). The molecule has 1 aliphatic heterocycles. The quantitative estimate of drug-likeness (QED) is 0.519. The molecule has 190 valence electrons. The molecule has 6 nitrogen and oxygen atoms in total. The van der Waals surface area contributed by atoms with E-state index >= 15 is 0 Å². The molecule has 1 amide bonds. The lowest BCUT2D eigenvalue weighted by atomic mass is 9.71. The summed E-state index contributed by atoms with van der Waals surface area (Å²) in [7, 11) is 0. The van der Waals surface area contributed by atoms with Gasteiger partial charge in [-0.05, 0) is 83.3 Å². The van der Waals surface area contributed by atoms with Gasteiger partial charge < -0.3 is 9.88 Å². The van der Waals surface area contributed by atoms with Crippen molar-refractivity contribution in [1.29, 1.82) is 0 Å². The third-order valence-corrected chi connectivity index (χ3v) is 8.45. The average Bonchev–Trinajstić information content (AvgIpc) is 3.35. The standard InChI is InChI=1S/C29H43N5O/c1-17(2)11-21-13-22(14-21)27-31-32-28(34(27)23-8-9-23)24-15-33(18(3)4)16-25(24)29(35)30-26-10-7-19(5)12-20(26)6/h7,10,12,17-18,21-25H,8-9,11,13-16H2,1-6H3,(H,30,35)/t21-,22+,24-,25-/m0/s1. The van der Waals surface area contributed by atoms with Crippen molar-refractivity contribution in [1.82, 2.24) is 19.7 Å². The summed E-state index contributed by atoms with van der Waals surface area (Å²) in [5, 5.41) is 12.9. The highest BCUT2D eigenvalue weighted by atomic mass is 16.2. The van der Waals surface area contributed by atoms with Gasteiger partial charge in [0.15, 0.2) is 0 Å². The van der Waals surface area contributed by atoms with E-state index in [4.69, 9.17) is 10.2 Å². The fourth-order valence-corrected chi connectivity index (χ4v) is 6.32. The maximum Gasteiger partial charge on any atom is 0.229 e. The summed E-state index contributed by atoms with van der Waals surface area (Å²) in [6.07, 6.45) is 6.21. The lowest BCUT2D eigenvalue weighted by molar-refractivity contribution is -0.120. The molecule has 2 heterocycles. The summed E-state index contributed by atoms with van der Waals surface area (Å²) < 4.78 is 2.47. The van der Waals surface area contributed by atoms with Crippen LogP contribution < -0.4 is 5.32 Å². The first kappa shape index (κ1) is 24.5. The molecule has 1 aromatic heterocycles. The number of anilines is 1. The van der Waals surface area contributed by atoms with Crippen molar-refractivity contribution in [3.63, 3.8) is 0 Å². The normalized spacial score (nSPS) is 27.0. The summed E-state index contributed by atoms with van der Waals surface area (Å²) in [5.74, 6) is 4.43. The minimum Gasteiger partial charge on any atom is -0.326 e. The Bertz CT molecular complexity index is 1060. The number of nitrogens with one attached hydrogen (secondary N) is 1. The maximum atomic E-state index is 13.7. The first-order valence-electron chi connectivity index (χ1n) is 13.8. The first-order chi connectivity index (χ1) is 16.7. The Morgan fingerprint density at radius 1 is 1.06 bits per heavy atom. The zero-order chi connectivity index (χ0) is 24.9. The van der Waals surface area contributed by atoms with Crippen molar-refractivity contribution >= 4 is 11.6 Å². The molecular formula is C29H43N5O. The van der Waals surface area contributed by atoms with Crippen LogP contribution in [0.2, 0.25) is 0 Å². The molecule has 2 atom stereocenters. The van der Waals surface area contributed by atoms with E-state index in [2.05, 4.69) is 68.5 Å². The average molecular weight is 478 g/mol. The van der Waals surface area contributed by atoms with Gasteiger partial charge in [-0.1, -0.05) is 31.5 Å². The van der Waals surface area contributed by atoms with E-state index in [1.807, 2.05) is 6.07 Å². The molecule has 0 bridgehead atoms. The molecule has 0 spiro atoms. The molecular weight excluding hydrogens is 434 g/mol. The maximum absolute atomic E-state index is 13.7. The summed E-state index contributed by atoms with van der Waals surface area (Å²) >= 11 is 0. The lowest BCUT2D eigenvalue weighted by Crippen LogP contribution is -2.32. The van der Waals surface area contributed by atoms with Crippen LogP contribution in [0, 0.1) is 31.6 Å². The second kappa shape index (κ2) is 9.68. The van der Waals surface area contributed by atoms with E-state index in [0.717, 1.165) is 42.0 Å². The number of benzene rings is 1. The summed E-state index contributed by atoms with van der Waals surface area (Å²) in [5.41, 5.74) is 3.23. The van der Waals surface area contributed by atoms with E-state index in [1.165, 1.54) is 43.5 Å². The molecule has 1 aromatic carbocycles. The van der Waals surface area contributed by atoms with Crippen LogP contribution in [0.4, 0.5) is 5.69 Å². The van der Waals surface area contributed by atoms with Crippen molar-refractivity contribution in [2.45, 2.75) is 97.6 Å². The Morgan fingerprint density at radius 3 is 2.40 bits per heavy atom. The molecule has 2 aromatic rings. The van der Waals surface area contributed by atoms with Gasteiger partial charge in [-0.25, -0.2) is 0 Å². The topological polar surface area (TPSA) is 63.1 Å². The highest BCUT2D eigenvalue weighted by Gasteiger charge is 2.45. The smallest absolute Gasteiger partial charge is 0.229 e. The van der Waals surface area contributed by atoms with Gasteiger partial charge in [-0.3, -0.25) is 9.69 Å². The Morgan fingerprint density at radius 2 is 1.77 bits per heavy atom. The minimum absolute atomic E-state index is 0.0801. The predicted octanol–water partition coefficient (Wildman–Crippen LogP) is 5.83. The predicted molar refractivity (Wildman–Crippen MR) is 141 cm³/mol. The Balaban J connectivity index is 1.40. The van der Waals surface area contributed by atoms with Crippen molar-refractivity contribution in [2.24, 2.45) is 17.8 Å². The van der Waals surface area contributed by atoms with Gasteiger partial charge in [0, 0.05) is 42.7 Å². The van der Waals surface area contributed by atoms with Gasteiger partial charge in [0.1, 0.15) is 11.6 Å². The van der Waals surface area contributed by atoms with E-state index in [0.29, 0.717) is 18.0 Å². The largest absolute Gasteiger partial charge is 0.326 e. The third kappa shape index (κ3) is 5.04. The van der Waals surface area contributed by atoms with Gasteiger partial charge in [0.25, 0.3) is 0 Å². The Kier molecular flexibility index (Phi) is 6.77. The lowest BCUT2D eigenvalue weighted by Gasteiger charge is -2.36.